The Kier molecular flexibility index (Phi) is 7.24. The van der Waals surface area contributed by atoms with Crippen molar-refractivity contribution in [1.29, 1.82) is 0 Å². The molecule has 0 radical (unpaired) electrons. The van der Waals surface area contributed by atoms with Crippen LogP contribution in [0.5, 0.6) is 5.75 Å². The second-order valence-corrected chi connectivity index (χ2v) is 9.25. The summed E-state index contributed by atoms with van der Waals surface area (Å²) in [6.45, 7) is 4.74. The molecule has 0 unspecified atom stereocenters. The molecule has 0 saturated carbocycles. The predicted molar refractivity (Wildman–Crippen MR) is 144 cm³/mol. The Bertz CT molecular complexity index is 1580. The number of hydrogen-bond acceptors (Lipinski definition) is 6. The summed E-state index contributed by atoms with van der Waals surface area (Å²) in [6, 6.07) is 8.08. The van der Waals surface area contributed by atoms with E-state index in [4.69, 9.17) is 16.3 Å². The molecule has 1 aliphatic rings. The summed E-state index contributed by atoms with van der Waals surface area (Å²) in [7, 11) is 1.83. The maximum absolute atomic E-state index is 13.6. The quantitative estimate of drug-likeness (QED) is 0.293. The Morgan fingerprint density at radius 2 is 2.05 bits per heavy atom. The van der Waals surface area contributed by atoms with Gasteiger partial charge in [0.1, 0.15) is 29.8 Å². The van der Waals surface area contributed by atoms with E-state index in [0.29, 0.717) is 59.7 Å². The van der Waals surface area contributed by atoms with Crippen LogP contribution in [0.3, 0.4) is 0 Å². The number of fused-ring (bicyclic) bond motifs is 1. The van der Waals surface area contributed by atoms with Gasteiger partial charge in [0.25, 0.3) is 0 Å². The van der Waals surface area contributed by atoms with E-state index in [9.17, 15) is 9.18 Å². The third kappa shape index (κ3) is 5.61. The molecule has 1 saturated heterocycles. The first-order valence-electron chi connectivity index (χ1n) is 12.0. The number of carbonyl (C=O) groups excluding carboxylic acids is 1. The van der Waals surface area contributed by atoms with Crippen LogP contribution in [0, 0.1) is 17.7 Å². The molecule has 1 N–H and O–H groups in total. The molecular weight excluding hydrogens is 507 g/mol. The molecule has 1 fully saturated rings. The lowest BCUT2D eigenvalue weighted by Gasteiger charge is -2.31. The van der Waals surface area contributed by atoms with Gasteiger partial charge in [0.15, 0.2) is 0 Å². The molecule has 0 atom stereocenters. The van der Waals surface area contributed by atoms with Crippen LogP contribution >= 0.6 is 11.6 Å². The molecule has 192 valence electrons. The first-order valence-corrected chi connectivity index (χ1v) is 12.4. The Labute approximate surface area is 224 Å². The van der Waals surface area contributed by atoms with Gasteiger partial charge in [-0.15, -0.1) is 0 Å². The van der Waals surface area contributed by atoms with Crippen molar-refractivity contribution in [3.63, 3.8) is 0 Å². The van der Waals surface area contributed by atoms with Gasteiger partial charge in [-0.2, -0.15) is 5.10 Å². The Hall–Kier alpha value is -4.42. The first-order chi connectivity index (χ1) is 18.4. The molecule has 3 heterocycles. The van der Waals surface area contributed by atoms with Crippen molar-refractivity contribution in [3.8, 4) is 17.6 Å². The highest BCUT2D eigenvalue weighted by Gasteiger charge is 2.24. The number of aryl methyl sites for hydroxylation is 1. The number of rotatable bonds is 5. The monoisotopic (exact) mass is 530 g/mol. The molecule has 2 aromatic heterocycles. The van der Waals surface area contributed by atoms with Gasteiger partial charge in [-0.05, 0) is 36.4 Å². The standard InChI is InChI=1S/C28H24ClFN6O2/c1-3-27(37)36-10-8-21(9-11-36)38-26-14-22-25(12-19(26)5-4-18-15-33-35(2)16-18)31-17-32-28(22)34-20-6-7-24(30)23(29)13-20/h3,6-7,12-17,21H,1,8-11H2,2H3,(H,31,32,34). The number of hydrogen-bond donors (Lipinski definition) is 1. The van der Waals surface area contributed by atoms with E-state index in [1.807, 2.05) is 25.4 Å². The van der Waals surface area contributed by atoms with Gasteiger partial charge < -0.3 is 15.0 Å². The molecule has 0 bridgehead atoms. The van der Waals surface area contributed by atoms with Crippen molar-refractivity contribution < 1.29 is 13.9 Å². The van der Waals surface area contributed by atoms with Crippen molar-refractivity contribution in [3.05, 3.63) is 83.7 Å². The van der Waals surface area contributed by atoms with Crippen molar-refractivity contribution in [2.45, 2.75) is 18.9 Å². The average Bonchev–Trinajstić information content (AvgIpc) is 3.34. The third-order valence-electron chi connectivity index (χ3n) is 6.19. The lowest BCUT2D eigenvalue weighted by Crippen LogP contribution is -2.41. The van der Waals surface area contributed by atoms with Crippen LogP contribution in [0.15, 0.2) is 61.7 Å². The number of nitrogens with one attached hydrogen (secondary N) is 1. The van der Waals surface area contributed by atoms with Crippen molar-refractivity contribution >= 4 is 39.9 Å². The van der Waals surface area contributed by atoms with Crippen LogP contribution in [0.2, 0.25) is 5.02 Å². The van der Waals surface area contributed by atoms with Gasteiger partial charge in [-0.25, -0.2) is 14.4 Å². The lowest BCUT2D eigenvalue weighted by molar-refractivity contribution is -0.127. The van der Waals surface area contributed by atoms with Gasteiger partial charge in [0, 0.05) is 50.2 Å². The zero-order chi connectivity index (χ0) is 26.6. The Morgan fingerprint density at radius 3 is 2.76 bits per heavy atom. The third-order valence-corrected chi connectivity index (χ3v) is 6.48. The zero-order valence-electron chi connectivity index (χ0n) is 20.6. The summed E-state index contributed by atoms with van der Waals surface area (Å²) < 4.78 is 21.8. The van der Waals surface area contributed by atoms with Crippen LogP contribution in [0.1, 0.15) is 24.0 Å². The fourth-order valence-corrected chi connectivity index (χ4v) is 4.40. The summed E-state index contributed by atoms with van der Waals surface area (Å²) in [5.74, 6) is 6.85. The van der Waals surface area contributed by atoms with Crippen LogP contribution in [0.4, 0.5) is 15.9 Å². The molecule has 8 nitrogen and oxygen atoms in total. The first kappa shape index (κ1) is 25.2. The zero-order valence-corrected chi connectivity index (χ0v) is 21.4. The van der Waals surface area contributed by atoms with Gasteiger partial charge in [-0.1, -0.05) is 30.0 Å². The smallest absolute Gasteiger partial charge is 0.245 e. The summed E-state index contributed by atoms with van der Waals surface area (Å²) in [6.07, 6.45) is 7.56. The summed E-state index contributed by atoms with van der Waals surface area (Å²) in [5, 5.41) is 8.07. The van der Waals surface area contributed by atoms with Gasteiger partial charge in [-0.3, -0.25) is 9.48 Å². The SMILES string of the molecule is C=CC(=O)N1CCC(Oc2cc3c(Nc4ccc(F)c(Cl)c4)ncnc3cc2C#Cc2cnn(C)c2)CC1. The highest BCUT2D eigenvalue weighted by Crippen LogP contribution is 2.32. The number of piperidine rings is 1. The molecule has 2 aromatic carbocycles. The number of nitrogens with zero attached hydrogens (tertiary/aromatic N) is 5. The van der Waals surface area contributed by atoms with E-state index in [1.54, 1.807) is 21.8 Å². The molecule has 10 heteroatoms. The van der Waals surface area contributed by atoms with Crippen molar-refractivity contribution in [1.82, 2.24) is 24.6 Å². The van der Waals surface area contributed by atoms with Gasteiger partial charge >= 0.3 is 0 Å². The van der Waals surface area contributed by atoms with E-state index in [2.05, 4.69) is 38.8 Å². The topological polar surface area (TPSA) is 85.2 Å². The van der Waals surface area contributed by atoms with Crippen LogP contribution in [-0.2, 0) is 11.8 Å². The van der Waals surface area contributed by atoms with Crippen molar-refractivity contribution in [2.24, 2.45) is 7.05 Å². The molecule has 1 aliphatic heterocycles. The van der Waals surface area contributed by atoms with E-state index in [1.165, 1.54) is 24.5 Å². The fourth-order valence-electron chi connectivity index (χ4n) is 4.22. The second kappa shape index (κ2) is 10.9. The fraction of sp³-hybridized carbons (Fsp3) is 0.214. The van der Waals surface area contributed by atoms with E-state index in [-0.39, 0.29) is 17.0 Å². The molecule has 1 amide bonds. The Morgan fingerprint density at radius 1 is 1.24 bits per heavy atom. The minimum absolute atomic E-state index is 0.00613. The highest BCUT2D eigenvalue weighted by atomic mass is 35.5. The largest absolute Gasteiger partial charge is 0.489 e. The number of benzene rings is 2. The number of ether oxygens (including phenoxy) is 1. The molecule has 4 aromatic rings. The number of likely N-dealkylation sites (tertiary alicyclic amines) is 1. The maximum atomic E-state index is 13.6. The normalized spacial score (nSPS) is 13.6. The summed E-state index contributed by atoms with van der Waals surface area (Å²) in [5.41, 5.74) is 2.68. The number of aromatic nitrogens is 4. The predicted octanol–water partition coefficient (Wildman–Crippen LogP) is 4.86. The lowest BCUT2D eigenvalue weighted by atomic mass is 10.1. The number of amides is 1. The highest BCUT2D eigenvalue weighted by molar-refractivity contribution is 6.31. The number of anilines is 2. The number of halogens is 2. The minimum Gasteiger partial charge on any atom is -0.489 e. The number of carbonyl (C=O) groups is 1. The minimum atomic E-state index is -0.502. The summed E-state index contributed by atoms with van der Waals surface area (Å²) >= 11 is 5.96. The molecule has 0 spiro atoms. The molecule has 5 rings (SSSR count). The van der Waals surface area contributed by atoms with Gasteiger partial charge in [0.2, 0.25) is 5.91 Å². The van der Waals surface area contributed by atoms with Crippen LogP contribution in [0.25, 0.3) is 10.9 Å². The van der Waals surface area contributed by atoms with E-state index in [0.717, 1.165) is 5.56 Å². The van der Waals surface area contributed by atoms with Crippen LogP contribution < -0.4 is 10.1 Å². The molecule has 38 heavy (non-hydrogen) atoms. The summed E-state index contributed by atoms with van der Waals surface area (Å²) in [4.78, 5) is 22.6. The van der Waals surface area contributed by atoms with Gasteiger partial charge in [0.05, 0.1) is 27.9 Å². The molecule has 0 aliphatic carbocycles. The molecular formula is C28H24ClFN6O2. The average molecular weight is 531 g/mol. The van der Waals surface area contributed by atoms with Crippen LogP contribution in [-0.4, -0.2) is 49.7 Å². The van der Waals surface area contributed by atoms with E-state index < -0.39 is 5.82 Å². The van der Waals surface area contributed by atoms with Crippen molar-refractivity contribution in [2.75, 3.05) is 18.4 Å². The maximum Gasteiger partial charge on any atom is 0.245 e. The Balaban J connectivity index is 1.50. The second-order valence-electron chi connectivity index (χ2n) is 8.84. The van der Waals surface area contributed by atoms with E-state index >= 15 is 0 Å².